The minimum absolute atomic E-state index is 0.496. The molecule has 0 saturated carbocycles. The van der Waals surface area contributed by atoms with Crippen molar-refractivity contribution in [1.29, 1.82) is 5.26 Å². The lowest BCUT2D eigenvalue weighted by Crippen LogP contribution is -2.03. The molecular formula is C66H38N8. The molecule has 74 heavy (non-hydrogen) atoms. The Morgan fingerprint density at radius 1 is 0.351 bits per heavy atom. The maximum atomic E-state index is 9.70. The predicted octanol–water partition coefficient (Wildman–Crippen LogP) is 17.0. The summed E-state index contributed by atoms with van der Waals surface area (Å²) in [6.45, 7) is 16.7. The highest BCUT2D eigenvalue weighted by Gasteiger charge is 2.24. The first-order chi connectivity index (χ1) is 36.5. The topological polar surface area (TPSA) is 81.0 Å². The average Bonchev–Trinajstić information content (AvgIpc) is 4.03. The molecule has 0 bridgehead atoms. The van der Waals surface area contributed by atoms with Gasteiger partial charge in [-0.05, 0) is 100 Å². The fourth-order valence-corrected chi connectivity index (χ4v) is 10.4. The molecular weight excluding hydrogens is 905 g/mol. The molecule has 3 aromatic heterocycles. The molecule has 8 heteroatoms. The van der Waals surface area contributed by atoms with E-state index in [2.05, 4.69) is 116 Å². The van der Waals surface area contributed by atoms with Crippen LogP contribution in [0.1, 0.15) is 5.56 Å². The van der Waals surface area contributed by atoms with Crippen molar-refractivity contribution in [1.82, 2.24) is 24.1 Å². The van der Waals surface area contributed by atoms with Crippen molar-refractivity contribution < 1.29 is 0 Å². The first kappa shape index (κ1) is 43.3. The van der Waals surface area contributed by atoms with Crippen molar-refractivity contribution in [3.8, 4) is 85.0 Å². The third-order valence-corrected chi connectivity index (χ3v) is 13.8. The van der Waals surface area contributed by atoms with Crippen LogP contribution in [0.5, 0.6) is 0 Å². The lowest BCUT2D eigenvalue weighted by molar-refractivity contribution is 1.07. The van der Waals surface area contributed by atoms with Crippen LogP contribution in [0, 0.1) is 24.5 Å². The average molecular weight is 943 g/mol. The zero-order chi connectivity index (χ0) is 49.7. The molecule has 0 aliphatic rings. The third-order valence-electron chi connectivity index (χ3n) is 13.8. The van der Waals surface area contributed by atoms with Crippen LogP contribution in [0.3, 0.4) is 0 Å². The molecule has 342 valence electrons. The molecule has 0 radical (unpaired) electrons. The summed E-state index contributed by atoms with van der Waals surface area (Å²) in [6, 6.07) is 79.7. The molecule has 0 atom stereocenters. The second kappa shape index (κ2) is 17.9. The van der Waals surface area contributed by atoms with Crippen LogP contribution < -0.4 is 0 Å². The van der Waals surface area contributed by atoms with Gasteiger partial charge in [0.1, 0.15) is 0 Å². The molecule has 0 fully saturated rings. The molecule has 0 unspecified atom stereocenters. The Kier molecular flexibility index (Phi) is 10.5. The Hall–Kier alpha value is -10.7. The van der Waals surface area contributed by atoms with E-state index in [1.807, 2.05) is 140 Å². The molecule has 8 nitrogen and oxygen atoms in total. The van der Waals surface area contributed by atoms with Gasteiger partial charge in [0.05, 0.1) is 58.2 Å². The first-order valence-corrected chi connectivity index (χ1v) is 24.1. The quantitative estimate of drug-likeness (QED) is 0.142. The number of para-hydroxylation sites is 3. The van der Waals surface area contributed by atoms with Crippen molar-refractivity contribution in [2.24, 2.45) is 0 Å². The minimum atomic E-state index is 0.496. The highest BCUT2D eigenvalue weighted by Crippen LogP contribution is 2.46. The summed E-state index contributed by atoms with van der Waals surface area (Å²) in [5.74, 6) is 1.63. The van der Waals surface area contributed by atoms with Crippen molar-refractivity contribution in [3.05, 3.63) is 259 Å². The van der Waals surface area contributed by atoms with Gasteiger partial charge >= 0.3 is 0 Å². The standard InChI is InChI=1S/C66H38N8/c1-68-50-23-14-22-46(37-50)48-32-35-60-56(39-48)52-25-10-12-28-58(52)74(60)62-40-49(66-71-64(43-17-5-3-6-18-43)70-65(72-66)44-19-7-4-8-20-44)30-33-53(62)54-26-15-29-61(63(54)69-2)73-57-27-11-9-24-51(57)55-38-47(31-34-59(55)73)45-21-13-16-42(36-45)41-67/h3-40H. The normalized spacial score (nSPS) is 11.2. The number of nitrogens with zero attached hydrogens (tertiary/aromatic N) is 8. The molecule has 0 saturated heterocycles. The van der Waals surface area contributed by atoms with Gasteiger partial charge in [0, 0.05) is 38.2 Å². The smallest absolute Gasteiger partial charge is 0.218 e. The van der Waals surface area contributed by atoms with Crippen LogP contribution in [0.2, 0.25) is 0 Å². The molecule has 13 rings (SSSR count). The molecule has 0 N–H and O–H groups in total. The van der Waals surface area contributed by atoms with Crippen molar-refractivity contribution >= 4 is 55.0 Å². The number of aromatic nitrogens is 5. The van der Waals surface area contributed by atoms with E-state index >= 15 is 0 Å². The van der Waals surface area contributed by atoms with E-state index in [9.17, 15) is 5.26 Å². The van der Waals surface area contributed by atoms with Gasteiger partial charge in [-0.15, -0.1) is 0 Å². The molecule has 10 aromatic carbocycles. The van der Waals surface area contributed by atoms with Crippen molar-refractivity contribution in [2.75, 3.05) is 0 Å². The largest absolute Gasteiger partial charge is 0.319 e. The predicted molar refractivity (Wildman–Crippen MR) is 298 cm³/mol. The summed E-state index contributed by atoms with van der Waals surface area (Å²) in [5.41, 5.74) is 15.2. The fraction of sp³-hybridized carbons (Fsp3) is 0. The number of hydrogen-bond acceptors (Lipinski definition) is 4. The SMILES string of the molecule is [C-]#[N+]c1cccc(-c2ccc3c(c2)c2ccccc2n3-c2cc(-c3nc(-c4ccccc4)nc(-c4ccccc4)n3)ccc2-c2cccc(-n3c4ccccc4c4cc(-c5cccc(C#N)c5)ccc43)c2[N+]#[C-])c1. The Balaban J connectivity index is 1.07. The summed E-state index contributed by atoms with van der Waals surface area (Å²) in [5, 5.41) is 13.9. The Labute approximate surface area is 426 Å². The number of hydrogen-bond donors (Lipinski definition) is 0. The Bertz CT molecular complexity index is 4470. The maximum absolute atomic E-state index is 9.70. The van der Waals surface area contributed by atoms with Gasteiger partial charge in [-0.25, -0.2) is 24.6 Å². The molecule has 0 aliphatic heterocycles. The zero-order valence-corrected chi connectivity index (χ0v) is 39.5. The van der Waals surface area contributed by atoms with Gasteiger partial charge in [0.25, 0.3) is 0 Å². The van der Waals surface area contributed by atoms with E-state index in [1.54, 1.807) is 0 Å². The van der Waals surface area contributed by atoms with Gasteiger partial charge in [-0.3, -0.25) is 0 Å². The lowest BCUT2D eigenvalue weighted by atomic mass is 9.98. The summed E-state index contributed by atoms with van der Waals surface area (Å²) >= 11 is 0. The van der Waals surface area contributed by atoms with Crippen molar-refractivity contribution in [3.63, 3.8) is 0 Å². The van der Waals surface area contributed by atoms with Crippen LogP contribution >= 0.6 is 0 Å². The third kappa shape index (κ3) is 7.33. The van der Waals surface area contributed by atoms with E-state index in [4.69, 9.17) is 28.1 Å². The summed E-state index contributed by atoms with van der Waals surface area (Å²) in [7, 11) is 0. The zero-order valence-electron chi connectivity index (χ0n) is 39.5. The summed E-state index contributed by atoms with van der Waals surface area (Å²) < 4.78 is 4.50. The number of fused-ring (bicyclic) bond motifs is 6. The summed E-state index contributed by atoms with van der Waals surface area (Å²) in [6.07, 6.45) is 0. The highest BCUT2D eigenvalue weighted by molar-refractivity contribution is 6.13. The van der Waals surface area contributed by atoms with Gasteiger partial charge < -0.3 is 9.13 Å². The van der Waals surface area contributed by atoms with Crippen LogP contribution in [-0.4, -0.2) is 24.1 Å². The Morgan fingerprint density at radius 2 is 0.838 bits per heavy atom. The van der Waals surface area contributed by atoms with Crippen LogP contribution in [0.4, 0.5) is 11.4 Å². The van der Waals surface area contributed by atoms with E-state index < -0.39 is 0 Å². The second-order valence-corrected chi connectivity index (χ2v) is 18.1. The summed E-state index contributed by atoms with van der Waals surface area (Å²) in [4.78, 5) is 23.5. The van der Waals surface area contributed by atoms with Gasteiger partial charge in [0.2, 0.25) is 5.69 Å². The Morgan fingerprint density at radius 3 is 1.43 bits per heavy atom. The number of benzene rings is 10. The van der Waals surface area contributed by atoms with Crippen LogP contribution in [0.25, 0.3) is 132 Å². The molecule has 3 heterocycles. The van der Waals surface area contributed by atoms with Crippen LogP contribution in [0.15, 0.2) is 231 Å². The number of rotatable bonds is 8. The van der Waals surface area contributed by atoms with Gasteiger partial charge in [-0.2, -0.15) is 5.26 Å². The molecule has 0 aliphatic carbocycles. The van der Waals surface area contributed by atoms with E-state index in [-0.39, 0.29) is 0 Å². The number of nitriles is 1. The van der Waals surface area contributed by atoms with Gasteiger partial charge in [-0.1, -0.05) is 164 Å². The first-order valence-electron chi connectivity index (χ1n) is 24.1. The lowest BCUT2D eigenvalue weighted by Gasteiger charge is -2.19. The van der Waals surface area contributed by atoms with Gasteiger partial charge in [0.15, 0.2) is 23.2 Å². The molecule has 0 amide bonds. The van der Waals surface area contributed by atoms with E-state index in [0.29, 0.717) is 34.4 Å². The second-order valence-electron chi connectivity index (χ2n) is 18.1. The monoisotopic (exact) mass is 942 g/mol. The van der Waals surface area contributed by atoms with E-state index in [1.165, 1.54) is 0 Å². The highest BCUT2D eigenvalue weighted by atomic mass is 15.0. The maximum Gasteiger partial charge on any atom is 0.218 e. The van der Waals surface area contributed by atoms with Crippen molar-refractivity contribution in [2.45, 2.75) is 0 Å². The van der Waals surface area contributed by atoms with Crippen LogP contribution in [-0.2, 0) is 0 Å². The molecule has 0 spiro atoms. The molecule has 13 aromatic rings. The minimum Gasteiger partial charge on any atom is -0.319 e. The van der Waals surface area contributed by atoms with E-state index in [0.717, 1.165) is 105 Å². The fourth-order valence-electron chi connectivity index (χ4n) is 10.4.